The van der Waals surface area contributed by atoms with Crippen LogP contribution in [0.2, 0.25) is 5.02 Å². The minimum atomic E-state index is -0.323. The molecule has 0 aliphatic heterocycles. The van der Waals surface area contributed by atoms with E-state index < -0.39 is 0 Å². The number of anilines is 1. The Morgan fingerprint density at radius 1 is 0.960 bits per heavy atom. The Morgan fingerprint density at radius 2 is 1.52 bits per heavy atom. The second-order valence-electron chi connectivity index (χ2n) is 6.58. The first-order valence-corrected chi connectivity index (χ1v) is 8.15. The predicted octanol–water partition coefficient (Wildman–Crippen LogP) is 4.13. The summed E-state index contributed by atoms with van der Waals surface area (Å²) < 4.78 is 5.21. The van der Waals surface area contributed by atoms with Crippen LogP contribution in [0.1, 0.15) is 41.5 Å². The fraction of sp³-hybridized carbons (Fsp3) is 0.263. The van der Waals surface area contributed by atoms with Crippen LogP contribution in [0.3, 0.4) is 0 Å². The second kappa shape index (κ2) is 7.57. The molecule has 25 heavy (non-hydrogen) atoms. The topological polar surface area (TPSA) is 67.4 Å². The van der Waals surface area contributed by atoms with E-state index in [9.17, 15) is 9.59 Å². The molecule has 0 atom stereocenters. The largest absolute Gasteiger partial charge is 0.495 e. The van der Waals surface area contributed by atoms with Crippen molar-refractivity contribution < 1.29 is 14.3 Å². The number of rotatable bonds is 4. The van der Waals surface area contributed by atoms with Crippen LogP contribution in [-0.2, 0) is 0 Å². The monoisotopic (exact) mass is 360 g/mol. The molecule has 0 fully saturated rings. The van der Waals surface area contributed by atoms with Crippen molar-refractivity contribution in [2.45, 2.75) is 26.3 Å². The van der Waals surface area contributed by atoms with Crippen molar-refractivity contribution in [3.8, 4) is 5.75 Å². The molecule has 2 aromatic carbocycles. The number of amides is 2. The van der Waals surface area contributed by atoms with Crippen molar-refractivity contribution >= 4 is 29.1 Å². The minimum absolute atomic E-state index is 0.184. The van der Waals surface area contributed by atoms with Gasteiger partial charge in [-0.1, -0.05) is 11.6 Å². The average molecular weight is 361 g/mol. The SMILES string of the molecule is COc1ccc(Cl)cc1NC(=O)c1ccc(C(=O)NC(C)(C)C)cc1. The molecule has 6 heteroatoms. The molecule has 0 aromatic heterocycles. The quantitative estimate of drug-likeness (QED) is 0.861. The van der Waals surface area contributed by atoms with Crippen molar-refractivity contribution in [3.63, 3.8) is 0 Å². The third kappa shape index (κ3) is 5.22. The number of methoxy groups -OCH3 is 1. The zero-order valence-electron chi connectivity index (χ0n) is 14.6. The van der Waals surface area contributed by atoms with Gasteiger partial charge < -0.3 is 15.4 Å². The number of ether oxygens (including phenoxy) is 1. The molecule has 2 amide bonds. The number of halogens is 1. The molecule has 0 heterocycles. The third-order valence-corrected chi connectivity index (χ3v) is 3.54. The molecule has 0 aliphatic rings. The summed E-state index contributed by atoms with van der Waals surface area (Å²) in [6.07, 6.45) is 0. The summed E-state index contributed by atoms with van der Waals surface area (Å²) in [5, 5.41) is 6.12. The van der Waals surface area contributed by atoms with Crippen LogP contribution in [-0.4, -0.2) is 24.5 Å². The van der Waals surface area contributed by atoms with E-state index in [4.69, 9.17) is 16.3 Å². The van der Waals surface area contributed by atoms with E-state index in [-0.39, 0.29) is 17.4 Å². The van der Waals surface area contributed by atoms with Crippen molar-refractivity contribution in [1.29, 1.82) is 0 Å². The molecule has 0 radical (unpaired) electrons. The Morgan fingerprint density at radius 3 is 2.04 bits per heavy atom. The van der Waals surface area contributed by atoms with Gasteiger partial charge in [0.1, 0.15) is 5.75 Å². The highest BCUT2D eigenvalue weighted by Crippen LogP contribution is 2.28. The van der Waals surface area contributed by atoms with E-state index in [0.29, 0.717) is 27.6 Å². The van der Waals surface area contributed by atoms with Gasteiger partial charge in [0.25, 0.3) is 11.8 Å². The van der Waals surface area contributed by atoms with Gasteiger partial charge in [-0.05, 0) is 63.2 Å². The molecule has 0 aliphatic carbocycles. The van der Waals surface area contributed by atoms with E-state index in [0.717, 1.165) is 0 Å². The van der Waals surface area contributed by atoms with Gasteiger partial charge in [-0.2, -0.15) is 0 Å². The molecule has 2 aromatic rings. The van der Waals surface area contributed by atoms with E-state index in [1.165, 1.54) is 7.11 Å². The highest BCUT2D eigenvalue weighted by Gasteiger charge is 2.16. The summed E-state index contributed by atoms with van der Waals surface area (Å²) in [6.45, 7) is 5.72. The lowest BCUT2D eigenvalue weighted by atomic mass is 10.1. The summed E-state index contributed by atoms with van der Waals surface area (Å²) in [4.78, 5) is 24.5. The van der Waals surface area contributed by atoms with Gasteiger partial charge >= 0.3 is 0 Å². The lowest BCUT2D eigenvalue weighted by Crippen LogP contribution is -2.40. The van der Waals surface area contributed by atoms with E-state index in [1.807, 2.05) is 20.8 Å². The molecule has 0 saturated carbocycles. The van der Waals surface area contributed by atoms with Crippen LogP contribution in [0.5, 0.6) is 5.75 Å². The maximum absolute atomic E-state index is 12.4. The maximum atomic E-state index is 12.4. The van der Waals surface area contributed by atoms with Crippen LogP contribution < -0.4 is 15.4 Å². The molecule has 2 rings (SSSR count). The number of carbonyl (C=O) groups excluding carboxylic acids is 2. The smallest absolute Gasteiger partial charge is 0.255 e. The molecule has 0 unspecified atom stereocenters. The average Bonchev–Trinajstić information content (AvgIpc) is 2.53. The van der Waals surface area contributed by atoms with Crippen LogP contribution in [0.4, 0.5) is 5.69 Å². The van der Waals surface area contributed by atoms with Gasteiger partial charge in [-0.3, -0.25) is 9.59 Å². The Kier molecular flexibility index (Phi) is 5.69. The lowest BCUT2D eigenvalue weighted by molar-refractivity contribution is 0.0918. The molecular weight excluding hydrogens is 340 g/mol. The van der Waals surface area contributed by atoms with E-state index >= 15 is 0 Å². The van der Waals surface area contributed by atoms with Gasteiger partial charge in [0, 0.05) is 21.7 Å². The molecule has 0 saturated heterocycles. The van der Waals surface area contributed by atoms with E-state index in [1.54, 1.807) is 42.5 Å². The van der Waals surface area contributed by atoms with Crippen LogP contribution >= 0.6 is 11.6 Å². The highest BCUT2D eigenvalue weighted by molar-refractivity contribution is 6.31. The van der Waals surface area contributed by atoms with E-state index in [2.05, 4.69) is 10.6 Å². The van der Waals surface area contributed by atoms with Crippen molar-refractivity contribution in [2.24, 2.45) is 0 Å². The van der Waals surface area contributed by atoms with Crippen LogP contribution in [0.15, 0.2) is 42.5 Å². The number of hydrogen-bond acceptors (Lipinski definition) is 3. The molecule has 0 spiro atoms. The van der Waals surface area contributed by atoms with Gasteiger partial charge in [-0.25, -0.2) is 0 Å². The predicted molar refractivity (Wildman–Crippen MR) is 99.6 cm³/mol. The zero-order valence-corrected chi connectivity index (χ0v) is 15.4. The number of hydrogen-bond donors (Lipinski definition) is 2. The number of nitrogens with one attached hydrogen (secondary N) is 2. The maximum Gasteiger partial charge on any atom is 0.255 e. The first-order valence-electron chi connectivity index (χ1n) is 7.77. The van der Waals surface area contributed by atoms with Crippen molar-refractivity contribution in [2.75, 3.05) is 12.4 Å². The fourth-order valence-corrected chi connectivity index (χ4v) is 2.33. The lowest BCUT2D eigenvalue weighted by Gasteiger charge is -2.20. The highest BCUT2D eigenvalue weighted by atomic mass is 35.5. The summed E-state index contributed by atoms with van der Waals surface area (Å²) >= 11 is 5.96. The van der Waals surface area contributed by atoms with Gasteiger partial charge in [0.05, 0.1) is 12.8 Å². The normalized spacial score (nSPS) is 10.9. The number of carbonyl (C=O) groups is 2. The Hall–Kier alpha value is -2.53. The molecule has 132 valence electrons. The summed E-state index contributed by atoms with van der Waals surface area (Å²) in [6, 6.07) is 11.4. The number of benzene rings is 2. The summed E-state index contributed by atoms with van der Waals surface area (Å²) in [5.41, 5.74) is 1.08. The second-order valence-corrected chi connectivity index (χ2v) is 7.02. The fourth-order valence-electron chi connectivity index (χ4n) is 2.16. The van der Waals surface area contributed by atoms with Crippen LogP contribution in [0.25, 0.3) is 0 Å². The Bertz CT molecular complexity index is 780. The van der Waals surface area contributed by atoms with Gasteiger partial charge in [0.15, 0.2) is 0 Å². The third-order valence-electron chi connectivity index (χ3n) is 3.31. The molecule has 5 nitrogen and oxygen atoms in total. The summed E-state index contributed by atoms with van der Waals surface area (Å²) in [7, 11) is 1.52. The van der Waals surface area contributed by atoms with Crippen LogP contribution in [0, 0.1) is 0 Å². The minimum Gasteiger partial charge on any atom is -0.495 e. The molecule has 0 bridgehead atoms. The molecular formula is C19H21ClN2O3. The van der Waals surface area contributed by atoms with Crippen molar-refractivity contribution in [3.05, 3.63) is 58.6 Å². The first-order chi connectivity index (χ1) is 11.7. The Balaban J connectivity index is 2.13. The van der Waals surface area contributed by atoms with Gasteiger partial charge in [-0.15, -0.1) is 0 Å². The van der Waals surface area contributed by atoms with Crippen molar-refractivity contribution in [1.82, 2.24) is 5.32 Å². The summed E-state index contributed by atoms with van der Waals surface area (Å²) in [5.74, 6) is 0.0123. The molecule has 2 N–H and O–H groups in total. The first kappa shape index (κ1) is 18.8. The van der Waals surface area contributed by atoms with Gasteiger partial charge in [0.2, 0.25) is 0 Å². The zero-order chi connectivity index (χ0) is 18.6. The standard InChI is InChI=1S/C19H21ClN2O3/c1-19(2,3)22-18(24)13-7-5-12(6-8-13)17(23)21-15-11-14(20)9-10-16(15)25-4/h5-11H,1-4H3,(H,21,23)(H,22,24). The Labute approximate surface area is 152 Å².